The minimum Gasteiger partial charge on any atom is -0.497 e. The lowest BCUT2D eigenvalue weighted by atomic mass is 10.2. The van der Waals surface area contributed by atoms with Crippen LogP contribution in [0.25, 0.3) is 27.7 Å². The van der Waals surface area contributed by atoms with Crippen LogP contribution in [0.4, 0.5) is 0 Å². The van der Waals surface area contributed by atoms with Crippen molar-refractivity contribution in [1.82, 2.24) is 15.1 Å². The van der Waals surface area contributed by atoms with Gasteiger partial charge in [-0.25, -0.2) is 9.78 Å². The van der Waals surface area contributed by atoms with Gasteiger partial charge in [0.2, 0.25) is 5.82 Å². The second-order valence-corrected chi connectivity index (χ2v) is 6.77. The van der Waals surface area contributed by atoms with Gasteiger partial charge in [-0.05, 0) is 30.3 Å². The molecule has 0 saturated heterocycles. The first-order valence-corrected chi connectivity index (χ1v) is 9.20. The van der Waals surface area contributed by atoms with Gasteiger partial charge in [0.25, 0.3) is 5.89 Å². The lowest BCUT2D eigenvalue weighted by Gasteiger charge is -1.99. The summed E-state index contributed by atoms with van der Waals surface area (Å²) in [7, 11) is 1.59. The van der Waals surface area contributed by atoms with Crippen LogP contribution in [0.2, 0.25) is 0 Å². The number of methoxy groups -OCH3 is 1. The smallest absolute Gasteiger partial charge is 0.331 e. The van der Waals surface area contributed by atoms with Gasteiger partial charge in [0.1, 0.15) is 10.8 Å². The largest absolute Gasteiger partial charge is 0.497 e. The Bertz CT molecular complexity index is 1120. The molecule has 2 aromatic heterocycles. The molecule has 0 aliphatic carbocycles. The monoisotopic (exact) mass is 393 g/mol. The number of thiazole rings is 1. The highest BCUT2D eigenvalue weighted by atomic mass is 32.1. The van der Waals surface area contributed by atoms with Crippen molar-refractivity contribution in [1.29, 1.82) is 0 Å². The molecule has 0 amide bonds. The lowest BCUT2D eigenvalue weighted by Crippen LogP contribution is -2.00. The Labute approximate surface area is 164 Å². The zero-order valence-corrected chi connectivity index (χ0v) is 15.7. The van der Waals surface area contributed by atoms with E-state index in [1.54, 1.807) is 19.3 Å². The number of ether oxygens (including phenoxy) is 2. The van der Waals surface area contributed by atoms with Crippen LogP contribution in [0.3, 0.4) is 0 Å². The molecular weight excluding hydrogens is 378 g/mol. The van der Waals surface area contributed by atoms with Gasteiger partial charge in [-0.3, -0.25) is 0 Å². The number of fused-ring (bicyclic) bond motifs is 1. The molecule has 2 aromatic carbocycles. The van der Waals surface area contributed by atoms with Crippen molar-refractivity contribution in [3.05, 3.63) is 65.5 Å². The molecule has 8 heteroatoms. The topological polar surface area (TPSA) is 87.3 Å². The maximum atomic E-state index is 11.9. The predicted octanol–water partition coefficient (Wildman–Crippen LogP) is 4.11. The molecule has 28 heavy (non-hydrogen) atoms. The van der Waals surface area contributed by atoms with Crippen LogP contribution in [0.15, 0.2) is 59.1 Å². The van der Waals surface area contributed by atoms with E-state index in [0.717, 1.165) is 20.8 Å². The number of esters is 1. The van der Waals surface area contributed by atoms with Crippen molar-refractivity contribution in [2.45, 2.75) is 6.61 Å². The zero-order chi connectivity index (χ0) is 19.3. The number of nitrogens with zero attached hydrogens (tertiary/aromatic N) is 3. The second kappa shape index (κ2) is 8.01. The van der Waals surface area contributed by atoms with E-state index in [2.05, 4.69) is 15.1 Å². The fourth-order valence-electron chi connectivity index (χ4n) is 2.47. The summed E-state index contributed by atoms with van der Waals surface area (Å²) in [5, 5.41) is 4.63. The minimum atomic E-state index is -0.514. The Balaban J connectivity index is 1.36. The van der Waals surface area contributed by atoms with Crippen molar-refractivity contribution in [2.24, 2.45) is 0 Å². The minimum absolute atomic E-state index is 0.111. The SMILES string of the molecule is COc1cccc(-c2noc(COC(=O)/C=C/c3nc4ccccc4s3)n2)c1. The third-order valence-corrected chi connectivity index (χ3v) is 4.81. The Hall–Kier alpha value is -3.52. The number of benzene rings is 2. The predicted molar refractivity (Wildman–Crippen MR) is 105 cm³/mol. The highest BCUT2D eigenvalue weighted by molar-refractivity contribution is 7.19. The maximum Gasteiger partial charge on any atom is 0.331 e. The number of rotatable bonds is 6. The molecule has 7 nitrogen and oxygen atoms in total. The van der Waals surface area contributed by atoms with E-state index < -0.39 is 5.97 Å². The van der Waals surface area contributed by atoms with Crippen LogP contribution in [0, 0.1) is 0 Å². The molecule has 0 unspecified atom stereocenters. The fourth-order valence-corrected chi connectivity index (χ4v) is 3.34. The molecule has 0 spiro atoms. The molecule has 0 aliphatic rings. The van der Waals surface area contributed by atoms with E-state index in [1.165, 1.54) is 17.4 Å². The average Bonchev–Trinajstić information content (AvgIpc) is 3.37. The molecule has 0 aliphatic heterocycles. The molecule has 4 rings (SSSR count). The average molecular weight is 393 g/mol. The molecule has 4 aromatic rings. The highest BCUT2D eigenvalue weighted by Gasteiger charge is 2.11. The Kier molecular flexibility index (Phi) is 5.11. The zero-order valence-electron chi connectivity index (χ0n) is 14.9. The van der Waals surface area contributed by atoms with Gasteiger partial charge in [0.05, 0.1) is 17.3 Å². The number of aromatic nitrogens is 3. The number of carbonyl (C=O) groups excluding carboxylic acids is 1. The van der Waals surface area contributed by atoms with E-state index in [9.17, 15) is 4.79 Å². The van der Waals surface area contributed by atoms with E-state index >= 15 is 0 Å². The highest BCUT2D eigenvalue weighted by Crippen LogP contribution is 2.23. The van der Waals surface area contributed by atoms with Crippen LogP contribution in [-0.4, -0.2) is 28.2 Å². The molecule has 0 fully saturated rings. The summed E-state index contributed by atoms with van der Waals surface area (Å²) < 4.78 is 16.5. The van der Waals surface area contributed by atoms with E-state index in [1.807, 2.05) is 42.5 Å². The van der Waals surface area contributed by atoms with Crippen molar-refractivity contribution in [2.75, 3.05) is 7.11 Å². The summed E-state index contributed by atoms with van der Waals surface area (Å²) in [5.74, 6) is 0.783. The van der Waals surface area contributed by atoms with Crippen LogP contribution in [-0.2, 0) is 16.1 Å². The fraction of sp³-hybridized carbons (Fsp3) is 0.100. The first-order valence-electron chi connectivity index (χ1n) is 8.39. The Morgan fingerprint density at radius 2 is 2.07 bits per heavy atom. The third kappa shape index (κ3) is 4.07. The van der Waals surface area contributed by atoms with Crippen LogP contribution >= 0.6 is 11.3 Å². The van der Waals surface area contributed by atoms with Gasteiger partial charge < -0.3 is 14.0 Å². The maximum absolute atomic E-state index is 11.9. The van der Waals surface area contributed by atoms with Gasteiger partial charge in [-0.15, -0.1) is 11.3 Å². The normalized spacial score (nSPS) is 11.2. The molecule has 2 heterocycles. The van der Waals surface area contributed by atoms with Gasteiger partial charge >= 0.3 is 5.97 Å². The number of hydrogen-bond acceptors (Lipinski definition) is 8. The van der Waals surface area contributed by atoms with E-state index in [-0.39, 0.29) is 12.5 Å². The van der Waals surface area contributed by atoms with Crippen LogP contribution in [0.5, 0.6) is 5.75 Å². The molecule has 0 N–H and O–H groups in total. The molecule has 0 atom stereocenters. The van der Waals surface area contributed by atoms with Crippen molar-refractivity contribution < 1.29 is 18.8 Å². The summed E-state index contributed by atoms with van der Waals surface area (Å²) in [6, 6.07) is 15.1. The number of para-hydroxylation sites is 1. The molecule has 0 bridgehead atoms. The molecular formula is C20H15N3O4S. The lowest BCUT2D eigenvalue weighted by molar-refractivity contribution is -0.139. The quantitative estimate of drug-likeness (QED) is 0.360. The van der Waals surface area contributed by atoms with Crippen LogP contribution in [0.1, 0.15) is 10.9 Å². The van der Waals surface area contributed by atoms with E-state index in [4.69, 9.17) is 14.0 Å². The summed E-state index contributed by atoms with van der Waals surface area (Å²) in [6.07, 6.45) is 2.96. The van der Waals surface area contributed by atoms with Gasteiger partial charge in [0.15, 0.2) is 6.61 Å². The summed E-state index contributed by atoms with van der Waals surface area (Å²) >= 11 is 1.50. The summed E-state index contributed by atoms with van der Waals surface area (Å²) in [5.41, 5.74) is 1.65. The Morgan fingerprint density at radius 1 is 1.18 bits per heavy atom. The van der Waals surface area contributed by atoms with Crippen molar-refractivity contribution in [3.63, 3.8) is 0 Å². The number of carbonyl (C=O) groups is 1. The first kappa shape index (κ1) is 17.9. The van der Waals surface area contributed by atoms with Gasteiger partial charge in [-0.1, -0.05) is 29.4 Å². The van der Waals surface area contributed by atoms with Crippen molar-refractivity contribution >= 4 is 33.6 Å². The van der Waals surface area contributed by atoms with Gasteiger partial charge in [0, 0.05) is 11.6 Å². The third-order valence-electron chi connectivity index (χ3n) is 3.81. The Morgan fingerprint density at radius 3 is 2.93 bits per heavy atom. The molecule has 0 saturated carbocycles. The van der Waals surface area contributed by atoms with Crippen molar-refractivity contribution in [3.8, 4) is 17.1 Å². The summed E-state index contributed by atoms with van der Waals surface area (Å²) in [4.78, 5) is 20.6. The van der Waals surface area contributed by atoms with Crippen LogP contribution < -0.4 is 4.74 Å². The standard InChI is InChI=1S/C20H15N3O4S/c1-25-14-6-4-5-13(11-14)20-22-17(27-23-20)12-26-19(24)10-9-18-21-15-7-2-3-8-16(15)28-18/h2-11H,12H2,1H3/b10-9+. The second-order valence-electron chi connectivity index (χ2n) is 5.70. The number of hydrogen-bond donors (Lipinski definition) is 0. The molecule has 0 radical (unpaired) electrons. The van der Waals surface area contributed by atoms with Gasteiger partial charge in [-0.2, -0.15) is 4.98 Å². The summed E-state index contributed by atoms with van der Waals surface area (Å²) in [6.45, 7) is -0.111. The first-order chi connectivity index (χ1) is 13.7. The molecule has 140 valence electrons. The van der Waals surface area contributed by atoms with E-state index in [0.29, 0.717) is 11.6 Å².